The summed E-state index contributed by atoms with van der Waals surface area (Å²) in [5.41, 5.74) is 1.22. The normalized spacial score (nSPS) is 16.5. The van der Waals surface area contributed by atoms with Gasteiger partial charge in [0.1, 0.15) is 0 Å². The number of benzene rings is 2. The smallest absolute Gasteiger partial charge is 0.289 e. The molecule has 0 spiro atoms. The topological polar surface area (TPSA) is 78.1 Å². The largest absolute Gasteiger partial charge is 0.335 e. The maximum Gasteiger partial charge on any atom is 0.289 e. The van der Waals surface area contributed by atoms with Crippen LogP contribution in [0, 0.1) is 23.4 Å². The van der Waals surface area contributed by atoms with Crippen LogP contribution in [0.2, 0.25) is 0 Å². The van der Waals surface area contributed by atoms with E-state index in [0.717, 1.165) is 5.52 Å². The van der Waals surface area contributed by atoms with E-state index in [1.807, 2.05) is 12.1 Å². The molecule has 1 saturated heterocycles. The highest BCUT2D eigenvalue weighted by Gasteiger charge is 2.32. The summed E-state index contributed by atoms with van der Waals surface area (Å²) in [7, 11) is 0. The van der Waals surface area contributed by atoms with Crippen molar-refractivity contribution < 1.29 is 22.8 Å². The molecule has 3 aromatic rings. The number of anilines is 1. The van der Waals surface area contributed by atoms with Crippen molar-refractivity contribution in [1.82, 2.24) is 14.9 Å². The Morgan fingerprint density at radius 2 is 1.86 bits per heavy atom. The van der Waals surface area contributed by atoms with Crippen molar-refractivity contribution in [3.8, 4) is 0 Å². The SMILES string of the molecule is O=C(Nc1cc(F)c(F)c(F)c1)[C@H]1CCN(C(=O)c2nc3ccccc3[nH]2)C1. The summed E-state index contributed by atoms with van der Waals surface area (Å²) < 4.78 is 39.6. The van der Waals surface area contributed by atoms with E-state index in [-0.39, 0.29) is 24.0 Å². The zero-order chi connectivity index (χ0) is 19.8. The standard InChI is InChI=1S/C19H15F3N4O2/c20-12-7-11(8-13(21)16(12)22)23-18(27)10-5-6-26(9-10)19(28)17-24-14-3-1-2-4-15(14)25-17/h1-4,7-8,10H,5-6,9H2,(H,23,27)(H,24,25)/t10-/m0/s1. The Morgan fingerprint density at radius 3 is 2.57 bits per heavy atom. The summed E-state index contributed by atoms with van der Waals surface area (Å²) in [6.07, 6.45) is 0.393. The Morgan fingerprint density at radius 1 is 1.14 bits per heavy atom. The third kappa shape index (κ3) is 3.30. The Balaban J connectivity index is 1.43. The second-order valence-electron chi connectivity index (χ2n) is 6.58. The zero-order valence-electron chi connectivity index (χ0n) is 14.5. The van der Waals surface area contributed by atoms with E-state index in [4.69, 9.17) is 0 Å². The van der Waals surface area contributed by atoms with Crippen LogP contribution in [0.4, 0.5) is 18.9 Å². The molecule has 1 aliphatic heterocycles. The number of imidazole rings is 1. The Bertz CT molecular complexity index is 1030. The highest BCUT2D eigenvalue weighted by atomic mass is 19.2. The van der Waals surface area contributed by atoms with Crippen LogP contribution in [0.3, 0.4) is 0 Å². The van der Waals surface area contributed by atoms with Crippen LogP contribution < -0.4 is 5.32 Å². The highest BCUT2D eigenvalue weighted by molar-refractivity contribution is 5.96. The van der Waals surface area contributed by atoms with Gasteiger partial charge in [-0.1, -0.05) is 12.1 Å². The molecule has 28 heavy (non-hydrogen) atoms. The monoisotopic (exact) mass is 388 g/mol. The lowest BCUT2D eigenvalue weighted by atomic mass is 10.1. The fourth-order valence-electron chi connectivity index (χ4n) is 3.23. The van der Waals surface area contributed by atoms with Gasteiger partial charge < -0.3 is 15.2 Å². The first-order chi connectivity index (χ1) is 13.4. The van der Waals surface area contributed by atoms with Gasteiger partial charge in [-0.2, -0.15) is 0 Å². The van der Waals surface area contributed by atoms with E-state index in [1.165, 1.54) is 4.90 Å². The molecular formula is C19H15F3N4O2. The molecule has 0 radical (unpaired) electrons. The molecular weight excluding hydrogens is 373 g/mol. The van der Waals surface area contributed by atoms with Gasteiger partial charge in [-0.25, -0.2) is 18.2 Å². The summed E-state index contributed by atoms with van der Waals surface area (Å²) in [6, 6.07) is 8.65. The predicted molar refractivity (Wildman–Crippen MR) is 95.0 cm³/mol. The molecule has 0 unspecified atom stereocenters. The quantitative estimate of drug-likeness (QED) is 0.677. The van der Waals surface area contributed by atoms with Crippen molar-refractivity contribution in [2.75, 3.05) is 18.4 Å². The lowest BCUT2D eigenvalue weighted by Gasteiger charge is -2.15. The maximum atomic E-state index is 13.3. The number of carbonyl (C=O) groups is 2. The number of fused-ring (bicyclic) bond motifs is 1. The molecule has 2 N–H and O–H groups in total. The number of H-pyrrole nitrogens is 1. The lowest BCUT2D eigenvalue weighted by Crippen LogP contribution is -2.32. The van der Waals surface area contributed by atoms with Crippen LogP contribution in [0.5, 0.6) is 0 Å². The van der Waals surface area contributed by atoms with Gasteiger partial charge >= 0.3 is 0 Å². The fourth-order valence-corrected chi connectivity index (χ4v) is 3.23. The number of halogens is 3. The third-order valence-electron chi connectivity index (χ3n) is 4.69. The first kappa shape index (κ1) is 18.0. The molecule has 2 amide bonds. The Labute approximate surface area is 157 Å². The van der Waals surface area contributed by atoms with E-state index < -0.39 is 29.3 Å². The summed E-state index contributed by atoms with van der Waals surface area (Å²) in [6.45, 7) is 0.494. The summed E-state index contributed by atoms with van der Waals surface area (Å²) in [5, 5.41) is 2.37. The molecule has 1 aromatic heterocycles. The van der Waals surface area contributed by atoms with Crippen LogP contribution in [-0.2, 0) is 4.79 Å². The fraction of sp³-hybridized carbons (Fsp3) is 0.211. The predicted octanol–water partition coefficient (Wildman–Crippen LogP) is 3.08. The molecule has 1 fully saturated rings. The molecule has 1 atom stereocenters. The second kappa shape index (κ2) is 6.99. The Kier molecular flexibility index (Phi) is 4.50. The third-order valence-corrected chi connectivity index (χ3v) is 4.69. The van der Waals surface area contributed by atoms with Gasteiger partial charge in [0.2, 0.25) is 5.91 Å². The minimum absolute atomic E-state index is 0.147. The van der Waals surface area contributed by atoms with Crippen molar-refractivity contribution in [3.05, 3.63) is 59.7 Å². The average molecular weight is 388 g/mol. The molecule has 2 heterocycles. The van der Waals surface area contributed by atoms with Crippen molar-refractivity contribution in [3.63, 3.8) is 0 Å². The van der Waals surface area contributed by atoms with Gasteiger partial charge in [0.25, 0.3) is 5.91 Å². The zero-order valence-corrected chi connectivity index (χ0v) is 14.5. The molecule has 2 aromatic carbocycles. The second-order valence-corrected chi connectivity index (χ2v) is 6.58. The molecule has 1 aliphatic rings. The minimum Gasteiger partial charge on any atom is -0.335 e. The number of amides is 2. The van der Waals surface area contributed by atoms with Crippen LogP contribution in [0.15, 0.2) is 36.4 Å². The van der Waals surface area contributed by atoms with Crippen molar-refractivity contribution in [2.45, 2.75) is 6.42 Å². The number of carbonyl (C=O) groups excluding carboxylic acids is 2. The molecule has 144 valence electrons. The number of aromatic amines is 1. The lowest BCUT2D eigenvalue weighted by molar-refractivity contribution is -0.119. The van der Waals surface area contributed by atoms with Crippen LogP contribution in [0.1, 0.15) is 17.0 Å². The van der Waals surface area contributed by atoms with Crippen molar-refractivity contribution >= 4 is 28.5 Å². The summed E-state index contributed by atoms with van der Waals surface area (Å²) >= 11 is 0. The molecule has 0 bridgehead atoms. The highest BCUT2D eigenvalue weighted by Crippen LogP contribution is 2.23. The average Bonchev–Trinajstić information content (AvgIpc) is 3.32. The van der Waals surface area contributed by atoms with Crippen LogP contribution in [0.25, 0.3) is 11.0 Å². The number of likely N-dealkylation sites (tertiary alicyclic amines) is 1. The van der Waals surface area contributed by atoms with Gasteiger partial charge in [-0.05, 0) is 18.6 Å². The van der Waals surface area contributed by atoms with E-state index in [0.29, 0.717) is 30.6 Å². The van der Waals surface area contributed by atoms with Gasteiger partial charge in [0, 0.05) is 30.9 Å². The summed E-state index contributed by atoms with van der Waals surface area (Å²) in [5.74, 6) is -5.56. The number of hydrogen-bond donors (Lipinski definition) is 2. The first-order valence-corrected chi connectivity index (χ1v) is 8.62. The van der Waals surface area contributed by atoms with Crippen LogP contribution in [-0.4, -0.2) is 39.8 Å². The van der Waals surface area contributed by atoms with Crippen molar-refractivity contribution in [2.24, 2.45) is 5.92 Å². The number of hydrogen-bond acceptors (Lipinski definition) is 3. The number of aromatic nitrogens is 2. The number of rotatable bonds is 3. The van der Waals surface area contributed by atoms with E-state index in [9.17, 15) is 22.8 Å². The molecule has 4 rings (SSSR count). The maximum absolute atomic E-state index is 13.3. The van der Waals surface area contributed by atoms with Gasteiger partial charge in [-0.3, -0.25) is 9.59 Å². The van der Waals surface area contributed by atoms with Gasteiger partial charge in [0.05, 0.1) is 17.0 Å². The van der Waals surface area contributed by atoms with Gasteiger partial charge in [0.15, 0.2) is 23.3 Å². The first-order valence-electron chi connectivity index (χ1n) is 8.62. The number of nitrogens with one attached hydrogen (secondary N) is 2. The molecule has 9 heteroatoms. The molecule has 6 nitrogen and oxygen atoms in total. The van der Waals surface area contributed by atoms with Gasteiger partial charge in [-0.15, -0.1) is 0 Å². The Hall–Kier alpha value is -3.36. The molecule has 0 saturated carbocycles. The van der Waals surface area contributed by atoms with E-state index in [1.54, 1.807) is 12.1 Å². The number of para-hydroxylation sites is 2. The minimum atomic E-state index is -1.60. The van der Waals surface area contributed by atoms with E-state index in [2.05, 4.69) is 15.3 Å². The molecule has 0 aliphatic carbocycles. The van der Waals surface area contributed by atoms with Crippen LogP contribution >= 0.6 is 0 Å². The summed E-state index contributed by atoms with van der Waals surface area (Å²) in [4.78, 5) is 33.7. The van der Waals surface area contributed by atoms with Crippen molar-refractivity contribution in [1.29, 1.82) is 0 Å². The van der Waals surface area contributed by atoms with E-state index >= 15 is 0 Å². The number of nitrogens with zero attached hydrogens (tertiary/aromatic N) is 2.